The van der Waals surface area contributed by atoms with Crippen LogP contribution in [0.3, 0.4) is 0 Å². The second kappa shape index (κ2) is 5.82. The van der Waals surface area contributed by atoms with Gasteiger partial charge in [0.1, 0.15) is 5.82 Å². The summed E-state index contributed by atoms with van der Waals surface area (Å²) in [6, 6.07) is 8.31. The van der Waals surface area contributed by atoms with Crippen LogP contribution in [0.15, 0.2) is 24.3 Å². The summed E-state index contributed by atoms with van der Waals surface area (Å²) in [5, 5.41) is 3.68. The summed E-state index contributed by atoms with van der Waals surface area (Å²) in [6.45, 7) is 7.36. The van der Waals surface area contributed by atoms with Gasteiger partial charge in [0.05, 0.1) is 0 Å². The summed E-state index contributed by atoms with van der Waals surface area (Å²) in [6.07, 6.45) is 2.68. The third-order valence-electron chi connectivity index (χ3n) is 4.79. The Labute approximate surface area is 121 Å². The normalized spacial score (nSPS) is 28.0. The van der Waals surface area contributed by atoms with Crippen LogP contribution in [0.5, 0.6) is 0 Å². The fraction of sp³-hybridized carbons (Fsp3) is 0.647. The van der Waals surface area contributed by atoms with Crippen molar-refractivity contribution < 1.29 is 4.39 Å². The van der Waals surface area contributed by atoms with E-state index in [9.17, 15) is 4.39 Å². The third-order valence-corrected chi connectivity index (χ3v) is 4.79. The first-order valence-corrected chi connectivity index (χ1v) is 7.86. The van der Waals surface area contributed by atoms with E-state index in [1.807, 2.05) is 12.1 Å². The summed E-state index contributed by atoms with van der Waals surface area (Å²) in [4.78, 5) is 2.51. The van der Waals surface area contributed by atoms with E-state index in [2.05, 4.69) is 24.1 Å². The van der Waals surface area contributed by atoms with Crippen LogP contribution in [0.4, 0.5) is 4.39 Å². The summed E-state index contributed by atoms with van der Waals surface area (Å²) in [5.74, 6) is 1.38. The number of hydrogen-bond acceptors (Lipinski definition) is 2. The molecule has 2 atom stereocenters. The molecule has 1 N–H and O–H groups in total. The first-order valence-electron chi connectivity index (χ1n) is 7.86. The van der Waals surface area contributed by atoms with E-state index in [1.165, 1.54) is 12.8 Å². The number of benzene rings is 1. The summed E-state index contributed by atoms with van der Waals surface area (Å²) in [7, 11) is 0. The van der Waals surface area contributed by atoms with Gasteiger partial charge in [-0.2, -0.15) is 0 Å². The Morgan fingerprint density at radius 1 is 1.30 bits per heavy atom. The molecule has 0 amide bonds. The van der Waals surface area contributed by atoms with Gasteiger partial charge >= 0.3 is 0 Å². The molecule has 3 rings (SSSR count). The van der Waals surface area contributed by atoms with Gasteiger partial charge < -0.3 is 5.32 Å². The molecule has 2 unspecified atom stereocenters. The van der Waals surface area contributed by atoms with Crippen molar-refractivity contribution in [2.45, 2.75) is 45.3 Å². The van der Waals surface area contributed by atoms with Gasteiger partial charge in [-0.15, -0.1) is 0 Å². The van der Waals surface area contributed by atoms with E-state index >= 15 is 0 Å². The molecule has 2 fully saturated rings. The van der Waals surface area contributed by atoms with Crippen LogP contribution < -0.4 is 5.32 Å². The molecule has 2 nitrogen and oxygen atoms in total. The van der Waals surface area contributed by atoms with Crippen molar-refractivity contribution in [3.63, 3.8) is 0 Å². The summed E-state index contributed by atoms with van der Waals surface area (Å²) < 4.78 is 13.9. The Bertz CT molecular complexity index is 456. The predicted molar refractivity (Wildman–Crippen MR) is 80.0 cm³/mol. The molecule has 0 aromatic heterocycles. The van der Waals surface area contributed by atoms with Crippen LogP contribution >= 0.6 is 0 Å². The van der Waals surface area contributed by atoms with Gasteiger partial charge in [0.15, 0.2) is 0 Å². The molecule has 1 aliphatic carbocycles. The van der Waals surface area contributed by atoms with Crippen LogP contribution in [0, 0.1) is 17.7 Å². The minimum atomic E-state index is -0.0679. The molecule has 1 saturated carbocycles. The van der Waals surface area contributed by atoms with E-state index < -0.39 is 0 Å². The molecule has 110 valence electrons. The maximum atomic E-state index is 13.9. The molecule has 2 aliphatic rings. The topological polar surface area (TPSA) is 15.3 Å². The Kier molecular flexibility index (Phi) is 4.08. The number of nitrogens with zero attached hydrogens (tertiary/aromatic N) is 1. The highest BCUT2D eigenvalue weighted by Crippen LogP contribution is 2.37. The fourth-order valence-corrected chi connectivity index (χ4v) is 3.27. The third kappa shape index (κ3) is 3.04. The quantitative estimate of drug-likeness (QED) is 0.909. The van der Waals surface area contributed by atoms with Crippen molar-refractivity contribution in [2.75, 3.05) is 13.1 Å². The van der Waals surface area contributed by atoms with Crippen LogP contribution in [-0.4, -0.2) is 30.1 Å². The molecule has 1 aromatic rings. The number of halogens is 1. The van der Waals surface area contributed by atoms with Gasteiger partial charge in [-0.25, -0.2) is 4.39 Å². The van der Waals surface area contributed by atoms with Crippen LogP contribution in [0.25, 0.3) is 0 Å². The van der Waals surface area contributed by atoms with Crippen molar-refractivity contribution in [3.8, 4) is 0 Å². The first-order chi connectivity index (χ1) is 9.65. The highest BCUT2D eigenvalue weighted by atomic mass is 19.1. The van der Waals surface area contributed by atoms with Crippen LogP contribution in [0.2, 0.25) is 0 Å². The van der Waals surface area contributed by atoms with Crippen molar-refractivity contribution in [3.05, 3.63) is 35.6 Å². The molecule has 1 aromatic carbocycles. The Hall–Kier alpha value is -0.930. The number of nitrogens with one attached hydrogen (secondary N) is 1. The van der Waals surface area contributed by atoms with Crippen LogP contribution in [-0.2, 0) is 6.54 Å². The van der Waals surface area contributed by atoms with Crippen molar-refractivity contribution >= 4 is 0 Å². The summed E-state index contributed by atoms with van der Waals surface area (Å²) in [5.41, 5.74) is 0.836. The zero-order valence-electron chi connectivity index (χ0n) is 12.5. The van der Waals surface area contributed by atoms with Gasteiger partial charge in [-0.05, 0) is 30.7 Å². The molecule has 0 spiro atoms. The zero-order valence-corrected chi connectivity index (χ0v) is 12.5. The molecule has 1 heterocycles. The molecule has 0 bridgehead atoms. The molecular weight excluding hydrogens is 251 g/mol. The largest absolute Gasteiger partial charge is 0.311 e. The SMILES string of the molecule is CC(C)C1CN(Cc2ccccc2F)C(C2CC2)CN1. The van der Waals surface area contributed by atoms with Gasteiger partial charge in [-0.1, -0.05) is 32.0 Å². The molecule has 1 saturated heterocycles. The van der Waals surface area contributed by atoms with E-state index in [-0.39, 0.29) is 5.82 Å². The van der Waals surface area contributed by atoms with Crippen molar-refractivity contribution in [2.24, 2.45) is 11.8 Å². The maximum absolute atomic E-state index is 13.9. The monoisotopic (exact) mass is 276 g/mol. The van der Waals surface area contributed by atoms with E-state index in [1.54, 1.807) is 12.1 Å². The van der Waals surface area contributed by atoms with Crippen LogP contribution in [0.1, 0.15) is 32.3 Å². The zero-order chi connectivity index (χ0) is 14.1. The van der Waals surface area contributed by atoms with Gasteiger partial charge in [0.25, 0.3) is 0 Å². The molecule has 3 heteroatoms. The molecule has 1 aliphatic heterocycles. The standard InChI is InChI=1S/C17H25FN2/c1-12(2)16-11-20(17(9-19-16)13-7-8-13)10-14-5-3-4-6-15(14)18/h3-6,12-13,16-17,19H,7-11H2,1-2H3. The van der Waals surface area contributed by atoms with Crippen molar-refractivity contribution in [1.82, 2.24) is 10.2 Å². The van der Waals surface area contributed by atoms with Gasteiger partial charge in [0.2, 0.25) is 0 Å². The van der Waals surface area contributed by atoms with Gasteiger partial charge in [-0.3, -0.25) is 4.90 Å². The molecule has 20 heavy (non-hydrogen) atoms. The minimum Gasteiger partial charge on any atom is -0.311 e. The second-order valence-electron chi connectivity index (χ2n) is 6.68. The second-order valence-corrected chi connectivity index (χ2v) is 6.68. The van der Waals surface area contributed by atoms with Crippen molar-refractivity contribution in [1.29, 1.82) is 0 Å². The highest BCUT2D eigenvalue weighted by Gasteiger charge is 2.39. The molecular formula is C17H25FN2. The highest BCUT2D eigenvalue weighted by molar-refractivity contribution is 5.17. The lowest BCUT2D eigenvalue weighted by atomic mass is 9.97. The number of rotatable bonds is 4. The van der Waals surface area contributed by atoms with E-state index in [0.29, 0.717) is 18.0 Å². The first kappa shape index (κ1) is 14.0. The fourth-order valence-electron chi connectivity index (χ4n) is 3.27. The average Bonchev–Trinajstić information content (AvgIpc) is 3.25. The van der Waals surface area contributed by atoms with E-state index in [0.717, 1.165) is 31.1 Å². The van der Waals surface area contributed by atoms with Gasteiger partial charge in [0, 0.05) is 37.3 Å². The smallest absolute Gasteiger partial charge is 0.127 e. The minimum absolute atomic E-state index is 0.0679. The number of piperazine rings is 1. The Morgan fingerprint density at radius 2 is 2.05 bits per heavy atom. The number of hydrogen-bond donors (Lipinski definition) is 1. The lowest BCUT2D eigenvalue weighted by molar-refractivity contribution is 0.0915. The average molecular weight is 276 g/mol. The Balaban J connectivity index is 1.74. The molecule has 0 radical (unpaired) electrons. The maximum Gasteiger partial charge on any atom is 0.127 e. The lowest BCUT2D eigenvalue weighted by Gasteiger charge is -2.42. The van der Waals surface area contributed by atoms with E-state index in [4.69, 9.17) is 0 Å². The summed E-state index contributed by atoms with van der Waals surface area (Å²) >= 11 is 0. The predicted octanol–water partition coefficient (Wildman–Crippen LogP) is 3.03. The Morgan fingerprint density at radius 3 is 2.70 bits per heavy atom. The lowest BCUT2D eigenvalue weighted by Crippen LogP contribution is -2.58.